The SMILES string of the molecule is COc1ccc(NC(=O)c2cc3ccc(OC)cc3oc2=O)c(OC)c1. The van der Waals surface area contributed by atoms with Gasteiger partial charge in [0.05, 0.1) is 27.0 Å². The van der Waals surface area contributed by atoms with Crippen molar-refractivity contribution in [3.05, 3.63) is 58.4 Å². The lowest BCUT2D eigenvalue weighted by Gasteiger charge is -2.11. The molecule has 0 aliphatic heterocycles. The van der Waals surface area contributed by atoms with Crippen LogP contribution < -0.4 is 25.2 Å². The summed E-state index contributed by atoms with van der Waals surface area (Å²) < 4.78 is 20.7. The highest BCUT2D eigenvalue weighted by atomic mass is 16.5. The molecule has 0 bridgehead atoms. The predicted octanol–water partition coefficient (Wildman–Crippen LogP) is 3.07. The molecule has 1 aromatic heterocycles. The second-order valence-electron chi connectivity index (χ2n) is 5.37. The van der Waals surface area contributed by atoms with E-state index < -0.39 is 11.5 Å². The summed E-state index contributed by atoms with van der Waals surface area (Å²) in [6, 6.07) is 11.4. The predicted molar refractivity (Wildman–Crippen MR) is 96.5 cm³/mol. The summed E-state index contributed by atoms with van der Waals surface area (Å²) in [5, 5.41) is 3.26. The van der Waals surface area contributed by atoms with Gasteiger partial charge in [-0.1, -0.05) is 0 Å². The fourth-order valence-electron chi connectivity index (χ4n) is 2.47. The van der Waals surface area contributed by atoms with Crippen molar-refractivity contribution in [2.24, 2.45) is 0 Å². The molecule has 0 unspecified atom stereocenters. The van der Waals surface area contributed by atoms with Gasteiger partial charge in [-0.15, -0.1) is 0 Å². The quantitative estimate of drug-likeness (QED) is 0.708. The van der Waals surface area contributed by atoms with Crippen LogP contribution in [0.1, 0.15) is 10.4 Å². The van der Waals surface area contributed by atoms with Gasteiger partial charge >= 0.3 is 5.63 Å². The van der Waals surface area contributed by atoms with Crippen LogP contribution in [0.3, 0.4) is 0 Å². The summed E-state index contributed by atoms with van der Waals surface area (Å²) >= 11 is 0. The van der Waals surface area contributed by atoms with E-state index in [0.29, 0.717) is 33.9 Å². The third kappa shape index (κ3) is 3.32. The van der Waals surface area contributed by atoms with E-state index >= 15 is 0 Å². The number of methoxy groups -OCH3 is 3. The van der Waals surface area contributed by atoms with E-state index in [4.69, 9.17) is 18.6 Å². The van der Waals surface area contributed by atoms with Crippen molar-refractivity contribution in [2.45, 2.75) is 0 Å². The minimum atomic E-state index is -0.740. The van der Waals surface area contributed by atoms with Crippen LogP contribution in [-0.4, -0.2) is 27.2 Å². The number of carbonyl (C=O) groups excluding carboxylic acids is 1. The number of nitrogens with one attached hydrogen (secondary N) is 1. The van der Waals surface area contributed by atoms with E-state index in [1.807, 2.05) is 0 Å². The van der Waals surface area contributed by atoms with Gasteiger partial charge in [0.25, 0.3) is 5.91 Å². The molecule has 3 aromatic rings. The normalized spacial score (nSPS) is 10.4. The van der Waals surface area contributed by atoms with Crippen molar-refractivity contribution in [1.29, 1.82) is 0 Å². The minimum absolute atomic E-state index is 0.111. The summed E-state index contributed by atoms with van der Waals surface area (Å²) in [7, 11) is 4.52. The molecule has 0 radical (unpaired) electrons. The molecule has 0 spiro atoms. The molecule has 2 aromatic carbocycles. The van der Waals surface area contributed by atoms with Crippen LogP contribution in [0, 0.1) is 0 Å². The van der Waals surface area contributed by atoms with Gasteiger partial charge in [-0.25, -0.2) is 4.79 Å². The monoisotopic (exact) mass is 355 g/mol. The van der Waals surface area contributed by atoms with Crippen LogP contribution in [0.15, 0.2) is 51.7 Å². The number of hydrogen-bond acceptors (Lipinski definition) is 6. The molecule has 0 saturated heterocycles. The third-order valence-corrected chi connectivity index (χ3v) is 3.84. The van der Waals surface area contributed by atoms with Crippen LogP contribution in [0.5, 0.6) is 17.2 Å². The Hall–Kier alpha value is -3.48. The summed E-state index contributed by atoms with van der Waals surface area (Å²) in [4.78, 5) is 24.7. The number of carbonyl (C=O) groups is 1. The zero-order valence-corrected chi connectivity index (χ0v) is 14.5. The standard InChI is InChI=1S/C19H17NO6/c1-23-12-5-4-11-8-14(19(22)26-16(11)9-12)18(21)20-15-7-6-13(24-2)10-17(15)25-3/h4-10H,1-3H3,(H,20,21). The topological polar surface area (TPSA) is 87.0 Å². The zero-order valence-electron chi connectivity index (χ0n) is 14.5. The zero-order chi connectivity index (χ0) is 18.7. The van der Waals surface area contributed by atoms with Crippen molar-refractivity contribution in [3.8, 4) is 17.2 Å². The first-order chi connectivity index (χ1) is 12.5. The van der Waals surface area contributed by atoms with Crippen molar-refractivity contribution in [2.75, 3.05) is 26.6 Å². The highest BCUT2D eigenvalue weighted by Gasteiger charge is 2.16. The Kier molecular flexibility index (Phi) is 4.79. The summed E-state index contributed by atoms with van der Waals surface area (Å²) in [5.41, 5.74) is -0.100. The molecule has 0 atom stereocenters. The van der Waals surface area contributed by atoms with E-state index in [1.165, 1.54) is 27.4 Å². The molecule has 7 heteroatoms. The van der Waals surface area contributed by atoms with Crippen LogP contribution in [0.4, 0.5) is 5.69 Å². The molecule has 0 saturated carbocycles. The highest BCUT2D eigenvalue weighted by molar-refractivity contribution is 6.06. The first-order valence-electron chi connectivity index (χ1n) is 7.71. The van der Waals surface area contributed by atoms with Crippen LogP contribution in [0.25, 0.3) is 11.0 Å². The van der Waals surface area contributed by atoms with E-state index in [9.17, 15) is 9.59 Å². The van der Waals surface area contributed by atoms with Gasteiger partial charge in [0.15, 0.2) is 0 Å². The maximum absolute atomic E-state index is 12.5. The molecule has 0 aliphatic carbocycles. The summed E-state index contributed by atoms with van der Waals surface area (Å²) in [5.74, 6) is 0.951. The number of hydrogen-bond donors (Lipinski definition) is 1. The largest absolute Gasteiger partial charge is 0.497 e. The van der Waals surface area contributed by atoms with Crippen LogP contribution in [0.2, 0.25) is 0 Å². The number of anilines is 1. The Morgan fingerprint density at radius 1 is 0.923 bits per heavy atom. The average molecular weight is 355 g/mol. The lowest BCUT2D eigenvalue weighted by atomic mass is 10.1. The molecular formula is C19H17NO6. The van der Waals surface area contributed by atoms with Crippen molar-refractivity contribution >= 4 is 22.6 Å². The maximum atomic E-state index is 12.5. The first-order valence-corrected chi connectivity index (χ1v) is 7.71. The summed E-state index contributed by atoms with van der Waals surface area (Å²) in [6.45, 7) is 0. The van der Waals surface area contributed by atoms with Crippen LogP contribution in [-0.2, 0) is 0 Å². The first kappa shape index (κ1) is 17.3. The molecule has 0 aliphatic rings. The number of amides is 1. The Labute approximate surface area is 149 Å². The minimum Gasteiger partial charge on any atom is -0.497 e. The lowest BCUT2D eigenvalue weighted by Crippen LogP contribution is -2.21. The number of benzene rings is 2. The van der Waals surface area contributed by atoms with E-state index in [-0.39, 0.29) is 5.56 Å². The Balaban J connectivity index is 1.95. The molecule has 1 amide bonds. The van der Waals surface area contributed by atoms with Gasteiger partial charge in [-0.3, -0.25) is 4.79 Å². The molecule has 26 heavy (non-hydrogen) atoms. The van der Waals surface area contributed by atoms with Gasteiger partial charge in [0, 0.05) is 17.5 Å². The number of ether oxygens (including phenoxy) is 3. The fourth-order valence-corrected chi connectivity index (χ4v) is 2.47. The second kappa shape index (κ2) is 7.18. The molecule has 0 fully saturated rings. The van der Waals surface area contributed by atoms with Crippen molar-refractivity contribution in [1.82, 2.24) is 0 Å². The summed E-state index contributed by atoms with van der Waals surface area (Å²) in [6.07, 6.45) is 0. The Morgan fingerprint density at radius 3 is 2.31 bits per heavy atom. The average Bonchev–Trinajstić information content (AvgIpc) is 2.67. The van der Waals surface area contributed by atoms with Gasteiger partial charge in [-0.2, -0.15) is 0 Å². The molecule has 1 heterocycles. The third-order valence-electron chi connectivity index (χ3n) is 3.84. The van der Waals surface area contributed by atoms with E-state index in [1.54, 1.807) is 36.4 Å². The molecule has 3 rings (SSSR count). The Morgan fingerprint density at radius 2 is 1.62 bits per heavy atom. The Bertz CT molecular complexity index is 1020. The molecule has 134 valence electrons. The lowest BCUT2D eigenvalue weighted by molar-refractivity contribution is 0.102. The molecular weight excluding hydrogens is 338 g/mol. The van der Waals surface area contributed by atoms with Crippen molar-refractivity contribution in [3.63, 3.8) is 0 Å². The van der Waals surface area contributed by atoms with Gasteiger partial charge < -0.3 is 23.9 Å². The highest BCUT2D eigenvalue weighted by Crippen LogP contribution is 2.29. The van der Waals surface area contributed by atoms with Gasteiger partial charge in [-0.05, 0) is 30.3 Å². The molecule has 7 nitrogen and oxygen atoms in total. The molecule has 1 N–H and O–H groups in total. The number of rotatable bonds is 5. The van der Waals surface area contributed by atoms with Crippen LogP contribution >= 0.6 is 0 Å². The van der Waals surface area contributed by atoms with E-state index in [0.717, 1.165) is 0 Å². The fraction of sp³-hybridized carbons (Fsp3) is 0.158. The van der Waals surface area contributed by atoms with Crippen molar-refractivity contribution < 1.29 is 23.4 Å². The van der Waals surface area contributed by atoms with E-state index in [2.05, 4.69) is 5.32 Å². The maximum Gasteiger partial charge on any atom is 0.349 e. The van der Waals surface area contributed by atoms with Gasteiger partial charge in [0.1, 0.15) is 28.4 Å². The second-order valence-corrected chi connectivity index (χ2v) is 5.37. The number of fused-ring (bicyclic) bond motifs is 1. The smallest absolute Gasteiger partial charge is 0.349 e. The van der Waals surface area contributed by atoms with Gasteiger partial charge in [0.2, 0.25) is 0 Å².